The van der Waals surface area contributed by atoms with Gasteiger partial charge in [0.2, 0.25) is 0 Å². The Labute approximate surface area is 117 Å². The van der Waals surface area contributed by atoms with Gasteiger partial charge in [0.25, 0.3) is 0 Å². The highest BCUT2D eigenvalue weighted by Gasteiger charge is 2.17. The second-order valence-electron chi connectivity index (χ2n) is 4.60. The lowest BCUT2D eigenvalue weighted by Gasteiger charge is -2.23. The maximum Gasteiger partial charge on any atom is 0.0995 e. The number of nitrogens with two attached hydrogens (primary N) is 1. The van der Waals surface area contributed by atoms with E-state index in [0.29, 0.717) is 0 Å². The molecule has 1 aromatic carbocycles. The second-order valence-corrected chi connectivity index (χ2v) is 5.31. The van der Waals surface area contributed by atoms with Crippen LogP contribution >= 0.6 is 11.3 Å². The van der Waals surface area contributed by atoms with Crippen LogP contribution in [-0.2, 0) is 6.54 Å². The number of thiazole rings is 1. The van der Waals surface area contributed by atoms with Crippen molar-refractivity contribution in [3.63, 3.8) is 0 Å². The molecule has 0 saturated carbocycles. The number of nitrogens with one attached hydrogen (secondary N) is 1. The van der Waals surface area contributed by atoms with E-state index in [0.717, 1.165) is 24.3 Å². The monoisotopic (exact) mass is 274 g/mol. The summed E-state index contributed by atoms with van der Waals surface area (Å²) in [6.45, 7) is 1.50. The van der Waals surface area contributed by atoms with E-state index in [4.69, 9.17) is 11.1 Å². The zero-order chi connectivity index (χ0) is 13.7. The van der Waals surface area contributed by atoms with E-state index in [1.54, 1.807) is 11.3 Å². The molecule has 0 amide bonds. The molecule has 0 fully saturated rings. The molecule has 0 aliphatic carbocycles. The van der Waals surface area contributed by atoms with E-state index in [-0.39, 0.29) is 11.8 Å². The Morgan fingerprint density at radius 1 is 1.42 bits per heavy atom. The molecule has 0 aliphatic rings. The summed E-state index contributed by atoms with van der Waals surface area (Å²) >= 11 is 1.60. The molecule has 2 rings (SSSR count). The molecule has 1 atom stereocenters. The predicted molar refractivity (Wildman–Crippen MR) is 79.5 cm³/mol. The number of hydrogen-bond acceptors (Lipinski definition) is 4. The van der Waals surface area contributed by atoms with Crippen LogP contribution in [0.5, 0.6) is 0 Å². The summed E-state index contributed by atoms with van der Waals surface area (Å²) in [6.07, 6.45) is 0. The molecule has 1 unspecified atom stereocenters. The molecule has 100 valence electrons. The number of hydrogen-bond donors (Lipinski definition) is 2. The topological polar surface area (TPSA) is 66.0 Å². The molecule has 4 nitrogen and oxygen atoms in total. The average molecular weight is 274 g/mol. The highest BCUT2D eigenvalue weighted by Crippen LogP contribution is 2.17. The van der Waals surface area contributed by atoms with Crippen LogP contribution in [0, 0.1) is 5.41 Å². The van der Waals surface area contributed by atoms with Crippen LogP contribution in [0.3, 0.4) is 0 Å². The number of nitrogens with zero attached hydrogens (tertiary/aromatic N) is 2. The zero-order valence-corrected chi connectivity index (χ0v) is 11.7. The lowest BCUT2D eigenvalue weighted by Crippen LogP contribution is -2.32. The van der Waals surface area contributed by atoms with Crippen LogP contribution in [0.1, 0.15) is 17.2 Å². The van der Waals surface area contributed by atoms with Crippen molar-refractivity contribution in [1.82, 2.24) is 9.88 Å². The maximum atomic E-state index is 7.77. The zero-order valence-electron chi connectivity index (χ0n) is 10.9. The SMILES string of the molecule is CN(Cc1cscn1)CC(C(=N)N)c1ccccc1. The summed E-state index contributed by atoms with van der Waals surface area (Å²) in [5, 5.41) is 9.81. The van der Waals surface area contributed by atoms with Crippen LogP contribution in [-0.4, -0.2) is 29.3 Å². The van der Waals surface area contributed by atoms with Gasteiger partial charge >= 0.3 is 0 Å². The fourth-order valence-corrected chi connectivity index (χ4v) is 2.59. The van der Waals surface area contributed by atoms with Gasteiger partial charge in [-0.1, -0.05) is 30.3 Å². The van der Waals surface area contributed by atoms with E-state index < -0.39 is 0 Å². The van der Waals surface area contributed by atoms with Crippen molar-refractivity contribution < 1.29 is 0 Å². The first-order valence-electron chi connectivity index (χ1n) is 6.11. The largest absolute Gasteiger partial charge is 0.387 e. The smallest absolute Gasteiger partial charge is 0.0995 e. The van der Waals surface area contributed by atoms with Crippen LogP contribution < -0.4 is 5.73 Å². The normalized spacial score (nSPS) is 12.5. The summed E-state index contributed by atoms with van der Waals surface area (Å²) in [7, 11) is 2.03. The molecular formula is C14H18N4S. The molecule has 1 aromatic heterocycles. The second kappa shape index (κ2) is 6.45. The van der Waals surface area contributed by atoms with Gasteiger partial charge in [-0.05, 0) is 12.6 Å². The number of amidine groups is 1. The van der Waals surface area contributed by atoms with Crippen molar-refractivity contribution in [2.75, 3.05) is 13.6 Å². The predicted octanol–water partition coefficient (Wildman–Crippen LogP) is 2.29. The van der Waals surface area contributed by atoms with Gasteiger partial charge in [0, 0.05) is 18.5 Å². The first-order chi connectivity index (χ1) is 9.16. The van der Waals surface area contributed by atoms with Gasteiger partial charge in [-0.25, -0.2) is 4.98 Å². The summed E-state index contributed by atoms with van der Waals surface area (Å²) < 4.78 is 0. The maximum absolute atomic E-state index is 7.77. The minimum Gasteiger partial charge on any atom is -0.387 e. The third-order valence-corrected chi connectivity index (χ3v) is 3.62. The van der Waals surface area contributed by atoms with Gasteiger partial charge in [-0.2, -0.15) is 0 Å². The third-order valence-electron chi connectivity index (χ3n) is 2.99. The molecule has 3 N–H and O–H groups in total. The van der Waals surface area contributed by atoms with E-state index in [1.807, 2.05) is 48.3 Å². The third kappa shape index (κ3) is 3.87. The Morgan fingerprint density at radius 3 is 2.74 bits per heavy atom. The Hall–Kier alpha value is -1.72. The number of likely N-dealkylation sites (N-methyl/N-ethyl adjacent to an activating group) is 1. The minimum absolute atomic E-state index is 0.0650. The molecule has 0 aliphatic heterocycles. The standard InChI is InChI=1S/C14H18N4S/c1-18(7-12-9-19-10-17-12)8-13(14(15)16)11-5-3-2-4-6-11/h2-6,9-10,13H,7-8H2,1H3,(H3,15,16). The van der Waals surface area contributed by atoms with Crippen molar-refractivity contribution in [1.29, 1.82) is 5.41 Å². The number of rotatable bonds is 6. The van der Waals surface area contributed by atoms with Gasteiger partial charge in [0.15, 0.2) is 0 Å². The average Bonchev–Trinajstić information content (AvgIpc) is 2.89. The fourth-order valence-electron chi connectivity index (χ4n) is 2.04. The van der Waals surface area contributed by atoms with Crippen molar-refractivity contribution in [2.24, 2.45) is 5.73 Å². The molecule has 5 heteroatoms. The number of benzene rings is 1. The Bertz CT molecular complexity index is 510. The molecule has 0 radical (unpaired) electrons. The summed E-state index contributed by atoms with van der Waals surface area (Å²) in [4.78, 5) is 6.42. The molecular weight excluding hydrogens is 256 g/mol. The van der Waals surface area contributed by atoms with E-state index >= 15 is 0 Å². The fraction of sp³-hybridized carbons (Fsp3) is 0.286. The van der Waals surface area contributed by atoms with Crippen LogP contribution in [0.2, 0.25) is 0 Å². The Kier molecular flexibility index (Phi) is 4.65. The summed E-state index contributed by atoms with van der Waals surface area (Å²) in [5.74, 6) is 0.140. The Balaban J connectivity index is 2.03. The molecule has 2 aromatic rings. The summed E-state index contributed by atoms with van der Waals surface area (Å²) in [6, 6.07) is 9.96. The number of aromatic nitrogens is 1. The highest BCUT2D eigenvalue weighted by molar-refractivity contribution is 7.07. The quantitative estimate of drug-likeness (QED) is 0.627. The van der Waals surface area contributed by atoms with Gasteiger partial charge < -0.3 is 5.73 Å². The molecule has 0 saturated heterocycles. The summed E-state index contributed by atoms with van der Waals surface area (Å²) in [5.41, 5.74) is 9.71. The Morgan fingerprint density at radius 2 is 2.16 bits per heavy atom. The van der Waals surface area contributed by atoms with Crippen molar-refractivity contribution in [3.8, 4) is 0 Å². The molecule has 1 heterocycles. The van der Waals surface area contributed by atoms with Crippen molar-refractivity contribution in [2.45, 2.75) is 12.5 Å². The van der Waals surface area contributed by atoms with Gasteiger partial charge in [0.05, 0.1) is 23.0 Å². The first kappa shape index (κ1) is 13.7. The van der Waals surface area contributed by atoms with Gasteiger partial charge in [-0.3, -0.25) is 10.3 Å². The first-order valence-corrected chi connectivity index (χ1v) is 7.05. The van der Waals surface area contributed by atoms with Crippen LogP contribution in [0.25, 0.3) is 0 Å². The molecule has 0 spiro atoms. The van der Waals surface area contributed by atoms with Crippen molar-refractivity contribution in [3.05, 3.63) is 52.5 Å². The van der Waals surface area contributed by atoms with Gasteiger partial charge in [-0.15, -0.1) is 11.3 Å². The lowest BCUT2D eigenvalue weighted by molar-refractivity contribution is 0.319. The highest BCUT2D eigenvalue weighted by atomic mass is 32.1. The van der Waals surface area contributed by atoms with Crippen molar-refractivity contribution >= 4 is 17.2 Å². The van der Waals surface area contributed by atoms with E-state index in [9.17, 15) is 0 Å². The molecule has 0 bridgehead atoms. The van der Waals surface area contributed by atoms with Crippen LogP contribution in [0.4, 0.5) is 0 Å². The van der Waals surface area contributed by atoms with Gasteiger partial charge in [0.1, 0.15) is 0 Å². The van der Waals surface area contributed by atoms with E-state index in [2.05, 4.69) is 9.88 Å². The minimum atomic E-state index is -0.0650. The van der Waals surface area contributed by atoms with E-state index in [1.165, 1.54) is 0 Å². The molecule has 19 heavy (non-hydrogen) atoms. The van der Waals surface area contributed by atoms with Crippen LogP contribution in [0.15, 0.2) is 41.2 Å². The lowest BCUT2D eigenvalue weighted by atomic mass is 9.97.